The highest BCUT2D eigenvalue weighted by Crippen LogP contribution is 2.36. The van der Waals surface area contributed by atoms with Gasteiger partial charge in [-0.15, -0.1) is 0 Å². The van der Waals surface area contributed by atoms with Crippen LogP contribution in [0.4, 0.5) is 11.5 Å². The minimum absolute atomic E-state index is 0.0471. The molecule has 0 saturated carbocycles. The number of nitrogens with zero attached hydrogens (tertiary/aromatic N) is 8. The van der Waals surface area contributed by atoms with Crippen LogP contribution in [0, 0.1) is 0 Å². The number of hydrogen-bond donors (Lipinski definition) is 1. The molecule has 0 unspecified atom stereocenters. The molecule has 1 aromatic carbocycles. The van der Waals surface area contributed by atoms with E-state index in [1.165, 1.54) is 6.20 Å². The predicted molar refractivity (Wildman–Crippen MR) is 178 cm³/mol. The standard InChI is InChI=1S/C32H32Cl2N8O4/c1-38(2)20-13-40(14-20)28-7-6-18(12-35-28)42-15-22(32(44)45)29(43)21-9-23(33)26(11-25(21)42)41-8-4-5-19(41)16-46-31-24(34)10-27-30(37-31)36-17-39(27)3/h6-7,9-12,15,17,19-20H,4-5,8,13-14,16H2,1-3H3,(H,44,45)/t19-/m1/s1. The van der Waals surface area contributed by atoms with Crippen molar-refractivity contribution < 1.29 is 14.6 Å². The van der Waals surface area contributed by atoms with Gasteiger partial charge in [0.1, 0.15) is 23.0 Å². The molecule has 2 saturated heterocycles. The summed E-state index contributed by atoms with van der Waals surface area (Å²) in [7, 11) is 6.00. The van der Waals surface area contributed by atoms with Crippen LogP contribution in [0.2, 0.25) is 10.0 Å². The molecule has 6 heterocycles. The average Bonchev–Trinajstić information content (AvgIpc) is 3.61. The number of hydrogen-bond acceptors (Lipinski definition) is 9. The fraction of sp³-hybridized carbons (Fsp3) is 0.344. The number of carboxylic acid groups (broad SMARTS) is 1. The molecular formula is C32H32Cl2N8O4. The number of likely N-dealkylation sites (N-methyl/N-ethyl adjacent to an activating group) is 1. The Labute approximate surface area is 274 Å². The first-order valence-corrected chi connectivity index (χ1v) is 15.7. The molecule has 0 bridgehead atoms. The number of aromatic carboxylic acids is 1. The van der Waals surface area contributed by atoms with Gasteiger partial charge in [0, 0.05) is 44.3 Å². The summed E-state index contributed by atoms with van der Waals surface area (Å²) in [6, 6.07) is 9.42. The molecule has 2 fully saturated rings. The largest absolute Gasteiger partial charge is 0.477 e. The molecule has 5 aromatic rings. The third-order valence-electron chi connectivity index (χ3n) is 8.97. The minimum Gasteiger partial charge on any atom is -0.477 e. The monoisotopic (exact) mass is 662 g/mol. The Kier molecular flexibility index (Phi) is 7.74. The highest BCUT2D eigenvalue weighted by atomic mass is 35.5. The second kappa shape index (κ2) is 11.8. The first-order chi connectivity index (χ1) is 22.1. The van der Waals surface area contributed by atoms with Crippen molar-refractivity contribution in [3.8, 4) is 11.6 Å². The average molecular weight is 664 g/mol. The molecule has 0 amide bonds. The highest BCUT2D eigenvalue weighted by Gasteiger charge is 2.30. The number of aromatic nitrogens is 5. The van der Waals surface area contributed by atoms with Gasteiger partial charge in [-0.1, -0.05) is 23.2 Å². The summed E-state index contributed by atoms with van der Waals surface area (Å²) in [5.74, 6) is -0.162. The van der Waals surface area contributed by atoms with Crippen molar-refractivity contribution in [1.82, 2.24) is 29.0 Å². The van der Waals surface area contributed by atoms with Crippen LogP contribution >= 0.6 is 23.2 Å². The van der Waals surface area contributed by atoms with Gasteiger partial charge in [-0.2, -0.15) is 4.98 Å². The van der Waals surface area contributed by atoms with Gasteiger partial charge < -0.3 is 33.7 Å². The van der Waals surface area contributed by atoms with Gasteiger partial charge in [0.25, 0.3) is 0 Å². The topological polar surface area (TPSA) is 122 Å². The predicted octanol–water partition coefficient (Wildman–Crippen LogP) is 4.47. The summed E-state index contributed by atoms with van der Waals surface area (Å²) in [6.45, 7) is 2.79. The molecule has 7 rings (SSSR count). The van der Waals surface area contributed by atoms with Crippen LogP contribution in [-0.2, 0) is 7.05 Å². The third kappa shape index (κ3) is 5.29. The number of anilines is 2. The molecule has 0 spiro atoms. The first-order valence-electron chi connectivity index (χ1n) is 15.0. The Morgan fingerprint density at radius 1 is 1.11 bits per heavy atom. The van der Waals surface area contributed by atoms with Crippen molar-refractivity contribution in [2.24, 2.45) is 7.05 Å². The molecule has 238 valence electrons. The molecule has 1 N–H and O–H groups in total. The van der Waals surface area contributed by atoms with E-state index in [9.17, 15) is 14.7 Å². The SMILES string of the molecule is CN(C)C1CN(c2ccc(-n3cc(C(=O)O)c(=O)c4cc(Cl)c(N5CCC[C@@H]5COc5nc6ncn(C)c6cc5Cl)cc43)cn2)C1. The van der Waals surface area contributed by atoms with E-state index in [2.05, 4.69) is 43.7 Å². The Bertz CT molecular complexity index is 2040. The maximum Gasteiger partial charge on any atom is 0.341 e. The van der Waals surface area contributed by atoms with Crippen LogP contribution in [0.25, 0.3) is 27.8 Å². The van der Waals surface area contributed by atoms with Crippen molar-refractivity contribution in [3.05, 3.63) is 74.9 Å². The smallest absolute Gasteiger partial charge is 0.341 e. The third-order valence-corrected chi connectivity index (χ3v) is 9.54. The lowest BCUT2D eigenvalue weighted by Gasteiger charge is -2.43. The maximum absolute atomic E-state index is 13.3. The van der Waals surface area contributed by atoms with Crippen LogP contribution in [0.1, 0.15) is 23.2 Å². The van der Waals surface area contributed by atoms with Gasteiger partial charge in [0.2, 0.25) is 11.3 Å². The van der Waals surface area contributed by atoms with Crippen LogP contribution in [0.15, 0.2) is 53.8 Å². The summed E-state index contributed by atoms with van der Waals surface area (Å²) in [5.41, 5.74) is 2.28. The molecular weight excluding hydrogens is 631 g/mol. The Balaban J connectivity index is 1.22. The Morgan fingerprint density at radius 2 is 1.91 bits per heavy atom. The van der Waals surface area contributed by atoms with Gasteiger partial charge >= 0.3 is 5.97 Å². The van der Waals surface area contributed by atoms with Gasteiger partial charge in [0.15, 0.2) is 5.65 Å². The fourth-order valence-corrected chi connectivity index (χ4v) is 6.68. The van der Waals surface area contributed by atoms with Crippen LogP contribution < -0.4 is 20.0 Å². The van der Waals surface area contributed by atoms with E-state index in [0.717, 1.165) is 49.5 Å². The molecule has 0 aliphatic carbocycles. The van der Waals surface area contributed by atoms with E-state index in [0.29, 0.717) is 45.4 Å². The fourth-order valence-electron chi connectivity index (χ4n) is 6.21. The summed E-state index contributed by atoms with van der Waals surface area (Å²) in [5, 5.41) is 10.8. The van der Waals surface area contributed by atoms with Crippen LogP contribution in [0.3, 0.4) is 0 Å². The van der Waals surface area contributed by atoms with E-state index in [1.54, 1.807) is 29.2 Å². The number of fused-ring (bicyclic) bond motifs is 2. The summed E-state index contributed by atoms with van der Waals surface area (Å²) in [6.07, 6.45) is 6.49. The molecule has 4 aromatic heterocycles. The number of imidazole rings is 1. The summed E-state index contributed by atoms with van der Waals surface area (Å²) < 4.78 is 9.66. The lowest BCUT2D eigenvalue weighted by atomic mass is 10.1. The summed E-state index contributed by atoms with van der Waals surface area (Å²) in [4.78, 5) is 45.4. The number of rotatable bonds is 8. The zero-order chi connectivity index (χ0) is 32.3. The van der Waals surface area contributed by atoms with Crippen molar-refractivity contribution in [2.75, 3.05) is 50.1 Å². The zero-order valence-corrected chi connectivity index (χ0v) is 27.0. The van der Waals surface area contributed by atoms with Crippen LogP contribution in [-0.4, -0.2) is 92.5 Å². The second-order valence-corrected chi connectivity index (χ2v) is 12.9. The first kappa shape index (κ1) is 30.3. The molecule has 12 nitrogen and oxygen atoms in total. The number of benzene rings is 1. The normalized spacial score (nSPS) is 17.0. The Hall–Kier alpha value is -4.39. The van der Waals surface area contributed by atoms with E-state index in [4.69, 9.17) is 27.9 Å². The molecule has 0 radical (unpaired) electrons. The Morgan fingerprint density at radius 3 is 2.63 bits per heavy atom. The lowest BCUT2D eigenvalue weighted by molar-refractivity contribution is 0.0695. The summed E-state index contributed by atoms with van der Waals surface area (Å²) >= 11 is 13.3. The van der Waals surface area contributed by atoms with Crippen molar-refractivity contribution in [2.45, 2.75) is 24.9 Å². The van der Waals surface area contributed by atoms with Crippen molar-refractivity contribution in [1.29, 1.82) is 0 Å². The molecule has 2 aliphatic heterocycles. The second-order valence-electron chi connectivity index (χ2n) is 12.0. The molecule has 14 heteroatoms. The van der Waals surface area contributed by atoms with E-state index >= 15 is 0 Å². The lowest BCUT2D eigenvalue weighted by Crippen LogP contribution is -2.57. The van der Waals surface area contributed by atoms with Crippen LogP contribution in [0.5, 0.6) is 5.88 Å². The van der Waals surface area contributed by atoms with E-state index in [-0.39, 0.29) is 17.0 Å². The highest BCUT2D eigenvalue weighted by molar-refractivity contribution is 6.34. The zero-order valence-electron chi connectivity index (χ0n) is 25.5. The molecule has 46 heavy (non-hydrogen) atoms. The number of ether oxygens (including phenoxy) is 1. The van der Waals surface area contributed by atoms with Gasteiger partial charge in [-0.3, -0.25) is 4.79 Å². The van der Waals surface area contributed by atoms with E-state index in [1.807, 2.05) is 29.8 Å². The van der Waals surface area contributed by atoms with Gasteiger partial charge in [-0.05, 0) is 57.3 Å². The van der Waals surface area contributed by atoms with Gasteiger partial charge in [0.05, 0.1) is 46.0 Å². The molecule has 1 atom stereocenters. The number of carboxylic acids is 1. The number of carbonyl (C=O) groups is 1. The van der Waals surface area contributed by atoms with Crippen molar-refractivity contribution >= 4 is 62.7 Å². The maximum atomic E-state index is 13.3. The quantitative estimate of drug-likeness (QED) is 0.255. The van der Waals surface area contributed by atoms with Gasteiger partial charge in [-0.25, -0.2) is 14.8 Å². The molecule has 2 aliphatic rings. The minimum atomic E-state index is -1.31. The number of aryl methyl sites for hydroxylation is 1. The number of pyridine rings is 3. The van der Waals surface area contributed by atoms with E-state index < -0.39 is 11.4 Å². The number of halogens is 2. The van der Waals surface area contributed by atoms with Crippen molar-refractivity contribution in [3.63, 3.8) is 0 Å².